The molecular weight excluding hydrogens is 366 g/mol. The van der Waals surface area contributed by atoms with Crippen LogP contribution in [0.2, 0.25) is 0 Å². The van der Waals surface area contributed by atoms with E-state index in [1.807, 2.05) is 27.8 Å². The van der Waals surface area contributed by atoms with Gasteiger partial charge in [-0.25, -0.2) is 9.67 Å². The Morgan fingerprint density at radius 3 is 2.83 bits per heavy atom. The topological polar surface area (TPSA) is 76.2 Å². The largest absolute Gasteiger partial charge is 0.463 e. The van der Waals surface area contributed by atoms with Crippen LogP contribution < -0.4 is 5.32 Å². The first-order valence-electron chi connectivity index (χ1n) is 10.5. The minimum atomic E-state index is 0.0577. The van der Waals surface area contributed by atoms with Crippen LogP contribution in [0.3, 0.4) is 0 Å². The molecule has 1 fully saturated rings. The van der Waals surface area contributed by atoms with Gasteiger partial charge in [-0.1, -0.05) is 6.92 Å². The molecule has 1 aliphatic rings. The molecule has 1 saturated heterocycles. The Hall–Kier alpha value is -2.67. The molecule has 0 bridgehead atoms. The lowest BCUT2D eigenvalue weighted by Gasteiger charge is -2.34. The highest BCUT2D eigenvalue weighted by Gasteiger charge is 2.28. The summed E-state index contributed by atoms with van der Waals surface area (Å²) in [5.74, 6) is 0.712. The Morgan fingerprint density at radius 1 is 1.38 bits per heavy atom. The van der Waals surface area contributed by atoms with E-state index in [0.29, 0.717) is 17.0 Å². The zero-order valence-corrected chi connectivity index (χ0v) is 17.4. The zero-order valence-electron chi connectivity index (χ0n) is 17.4. The van der Waals surface area contributed by atoms with E-state index < -0.39 is 0 Å². The van der Waals surface area contributed by atoms with Crippen LogP contribution in [0.1, 0.15) is 56.4 Å². The maximum absolute atomic E-state index is 13.8. The van der Waals surface area contributed by atoms with Crippen molar-refractivity contribution in [3.05, 3.63) is 36.2 Å². The van der Waals surface area contributed by atoms with E-state index in [2.05, 4.69) is 31.2 Å². The summed E-state index contributed by atoms with van der Waals surface area (Å²) in [6.07, 6.45) is 6.29. The van der Waals surface area contributed by atoms with Crippen LogP contribution in [0.4, 0.5) is 0 Å². The van der Waals surface area contributed by atoms with E-state index in [9.17, 15) is 4.79 Å². The van der Waals surface area contributed by atoms with Crippen LogP contribution in [0.5, 0.6) is 0 Å². The summed E-state index contributed by atoms with van der Waals surface area (Å²) in [6.45, 7) is 8.90. The van der Waals surface area contributed by atoms with Crippen LogP contribution in [0, 0.1) is 0 Å². The predicted molar refractivity (Wildman–Crippen MR) is 113 cm³/mol. The molecule has 3 aromatic rings. The number of amides is 1. The van der Waals surface area contributed by atoms with Gasteiger partial charge in [0.05, 0.1) is 23.4 Å². The molecule has 1 N–H and O–H groups in total. The van der Waals surface area contributed by atoms with Gasteiger partial charge in [0.25, 0.3) is 5.91 Å². The predicted octanol–water partition coefficient (Wildman–Crippen LogP) is 3.88. The molecule has 0 spiro atoms. The molecule has 154 valence electrons. The van der Waals surface area contributed by atoms with Crippen molar-refractivity contribution in [2.45, 2.75) is 52.1 Å². The number of nitrogens with zero attached hydrogens (tertiary/aromatic N) is 4. The van der Waals surface area contributed by atoms with Gasteiger partial charge < -0.3 is 14.6 Å². The maximum Gasteiger partial charge on any atom is 0.254 e. The Kier molecular flexibility index (Phi) is 5.67. The second kappa shape index (κ2) is 8.37. The van der Waals surface area contributed by atoms with Gasteiger partial charge in [0.15, 0.2) is 11.4 Å². The number of pyridine rings is 1. The number of carbonyl (C=O) groups is 1. The van der Waals surface area contributed by atoms with Crippen molar-refractivity contribution in [1.82, 2.24) is 25.0 Å². The molecule has 29 heavy (non-hydrogen) atoms. The van der Waals surface area contributed by atoms with Gasteiger partial charge in [-0.05, 0) is 64.4 Å². The highest BCUT2D eigenvalue weighted by Crippen LogP contribution is 2.28. The van der Waals surface area contributed by atoms with Crippen molar-refractivity contribution in [3.63, 3.8) is 0 Å². The SMILES string of the molecule is CCCN(C(=O)c1cc(-c2ccco2)nc2c1cnn2C(C)C)C1CCNCC1. The van der Waals surface area contributed by atoms with E-state index >= 15 is 0 Å². The van der Waals surface area contributed by atoms with Gasteiger partial charge in [-0.3, -0.25) is 4.79 Å². The molecule has 1 aliphatic heterocycles. The summed E-state index contributed by atoms with van der Waals surface area (Å²) in [5, 5.41) is 8.71. The minimum absolute atomic E-state index is 0.0577. The summed E-state index contributed by atoms with van der Waals surface area (Å²) in [4.78, 5) is 20.6. The zero-order chi connectivity index (χ0) is 20.4. The van der Waals surface area contributed by atoms with E-state index in [-0.39, 0.29) is 18.0 Å². The number of hydrogen-bond donors (Lipinski definition) is 1. The molecule has 7 heteroatoms. The molecule has 0 atom stereocenters. The molecule has 3 aromatic heterocycles. The molecule has 0 unspecified atom stereocenters. The highest BCUT2D eigenvalue weighted by atomic mass is 16.3. The monoisotopic (exact) mass is 395 g/mol. The third-order valence-electron chi connectivity index (χ3n) is 5.53. The van der Waals surface area contributed by atoms with Gasteiger partial charge >= 0.3 is 0 Å². The third-order valence-corrected chi connectivity index (χ3v) is 5.53. The summed E-state index contributed by atoms with van der Waals surface area (Å²) < 4.78 is 7.45. The van der Waals surface area contributed by atoms with Gasteiger partial charge in [0, 0.05) is 18.6 Å². The van der Waals surface area contributed by atoms with E-state index in [1.165, 1.54) is 0 Å². The van der Waals surface area contributed by atoms with Crippen LogP contribution >= 0.6 is 0 Å². The fraction of sp³-hybridized carbons (Fsp3) is 0.500. The molecule has 0 saturated carbocycles. The summed E-state index contributed by atoms with van der Waals surface area (Å²) in [6, 6.07) is 5.97. The van der Waals surface area contributed by atoms with Gasteiger partial charge in [-0.15, -0.1) is 0 Å². The van der Waals surface area contributed by atoms with Crippen LogP contribution in [-0.4, -0.2) is 51.2 Å². The number of carbonyl (C=O) groups excluding carboxylic acids is 1. The smallest absolute Gasteiger partial charge is 0.254 e. The van der Waals surface area contributed by atoms with E-state index in [0.717, 1.165) is 49.9 Å². The minimum Gasteiger partial charge on any atom is -0.463 e. The van der Waals surface area contributed by atoms with Crippen LogP contribution in [-0.2, 0) is 0 Å². The highest BCUT2D eigenvalue weighted by molar-refractivity contribution is 6.06. The third kappa shape index (κ3) is 3.79. The number of hydrogen-bond acceptors (Lipinski definition) is 5. The number of nitrogens with one attached hydrogen (secondary N) is 1. The number of furan rings is 1. The first-order valence-corrected chi connectivity index (χ1v) is 10.5. The number of fused-ring (bicyclic) bond motifs is 1. The fourth-order valence-electron chi connectivity index (χ4n) is 4.09. The van der Waals surface area contributed by atoms with Crippen molar-refractivity contribution in [2.24, 2.45) is 0 Å². The van der Waals surface area contributed by atoms with Gasteiger partial charge in [0.1, 0.15) is 5.69 Å². The van der Waals surface area contributed by atoms with Crippen molar-refractivity contribution >= 4 is 16.9 Å². The van der Waals surface area contributed by atoms with E-state index in [1.54, 1.807) is 12.5 Å². The molecule has 4 rings (SSSR count). The summed E-state index contributed by atoms with van der Waals surface area (Å²) in [7, 11) is 0. The van der Waals surface area contributed by atoms with Crippen molar-refractivity contribution in [1.29, 1.82) is 0 Å². The maximum atomic E-state index is 13.8. The van der Waals surface area contributed by atoms with Gasteiger partial charge in [-0.2, -0.15) is 5.10 Å². The van der Waals surface area contributed by atoms with Crippen molar-refractivity contribution in [3.8, 4) is 11.5 Å². The molecular formula is C22H29N5O2. The van der Waals surface area contributed by atoms with Crippen molar-refractivity contribution < 1.29 is 9.21 Å². The van der Waals surface area contributed by atoms with E-state index in [4.69, 9.17) is 9.40 Å². The number of aromatic nitrogens is 3. The summed E-state index contributed by atoms with van der Waals surface area (Å²) in [5.41, 5.74) is 2.04. The molecule has 0 aromatic carbocycles. The first-order chi connectivity index (χ1) is 14.1. The Labute approximate surface area is 171 Å². The second-order valence-corrected chi connectivity index (χ2v) is 7.93. The number of rotatable bonds is 6. The number of piperidine rings is 1. The second-order valence-electron chi connectivity index (χ2n) is 7.93. The summed E-state index contributed by atoms with van der Waals surface area (Å²) >= 11 is 0. The Morgan fingerprint density at radius 2 is 2.17 bits per heavy atom. The quantitative estimate of drug-likeness (QED) is 0.685. The first kappa shape index (κ1) is 19.6. The normalized spacial score (nSPS) is 15.3. The Balaban J connectivity index is 1.83. The van der Waals surface area contributed by atoms with Crippen LogP contribution in [0.25, 0.3) is 22.5 Å². The van der Waals surface area contributed by atoms with Gasteiger partial charge in [0.2, 0.25) is 0 Å². The lowest BCUT2D eigenvalue weighted by atomic mass is 10.0. The average Bonchev–Trinajstić information content (AvgIpc) is 3.41. The average molecular weight is 396 g/mol. The lowest BCUT2D eigenvalue weighted by Crippen LogP contribution is -2.46. The molecule has 7 nitrogen and oxygen atoms in total. The molecule has 4 heterocycles. The fourth-order valence-corrected chi connectivity index (χ4v) is 4.09. The molecule has 0 radical (unpaired) electrons. The standard InChI is InChI=1S/C22H29N5O2/c1-4-11-26(16-7-9-23-10-8-16)22(28)17-13-19(20-6-5-12-29-20)25-21-18(17)14-24-27(21)15(2)3/h5-6,12-16,23H,4,7-11H2,1-3H3. The van der Waals surface area contributed by atoms with Crippen LogP contribution in [0.15, 0.2) is 35.1 Å². The molecule has 0 aliphatic carbocycles. The van der Waals surface area contributed by atoms with Crippen molar-refractivity contribution in [2.75, 3.05) is 19.6 Å². The Bertz CT molecular complexity index is 971. The molecule has 1 amide bonds. The lowest BCUT2D eigenvalue weighted by molar-refractivity contribution is 0.0644.